The Morgan fingerprint density at radius 1 is 0.968 bits per heavy atom. The number of hydrogen-bond acceptors (Lipinski definition) is 6. The van der Waals surface area contributed by atoms with E-state index in [1.54, 1.807) is 12.1 Å². The first-order valence-electron chi connectivity index (χ1n) is 9.80. The maximum Gasteiger partial charge on any atom is 0.258 e. The van der Waals surface area contributed by atoms with Gasteiger partial charge in [-0.3, -0.25) is 4.57 Å². The number of rotatable bonds is 4. The summed E-state index contributed by atoms with van der Waals surface area (Å²) in [7, 11) is 0. The van der Waals surface area contributed by atoms with E-state index in [0.717, 1.165) is 31.0 Å². The lowest BCUT2D eigenvalue weighted by Crippen LogP contribution is -2.25. The summed E-state index contributed by atoms with van der Waals surface area (Å²) < 4.78 is 34.7. The molecule has 3 heterocycles. The second kappa shape index (κ2) is 8.07. The highest BCUT2D eigenvalue weighted by molar-refractivity contribution is 6.30. The van der Waals surface area contributed by atoms with Crippen molar-refractivity contribution in [1.82, 2.24) is 24.9 Å². The molecule has 158 valence electrons. The molecule has 0 saturated carbocycles. The Morgan fingerprint density at radius 2 is 1.77 bits per heavy atom. The molecule has 2 aromatic heterocycles. The van der Waals surface area contributed by atoms with E-state index >= 15 is 0 Å². The Hall–Kier alpha value is -3.33. The predicted molar refractivity (Wildman–Crippen MR) is 110 cm³/mol. The van der Waals surface area contributed by atoms with Gasteiger partial charge in [0, 0.05) is 35.3 Å². The van der Waals surface area contributed by atoms with Crippen molar-refractivity contribution in [3.05, 3.63) is 64.9 Å². The van der Waals surface area contributed by atoms with E-state index in [-0.39, 0.29) is 0 Å². The van der Waals surface area contributed by atoms with Gasteiger partial charge in [0.15, 0.2) is 11.6 Å². The summed E-state index contributed by atoms with van der Waals surface area (Å²) in [5, 5.41) is 13.2. The van der Waals surface area contributed by atoms with E-state index < -0.39 is 11.6 Å². The number of hydrogen-bond donors (Lipinski definition) is 0. The van der Waals surface area contributed by atoms with Crippen molar-refractivity contribution < 1.29 is 13.3 Å². The smallest absolute Gasteiger partial charge is 0.258 e. The molecular weight excluding hydrogens is 426 g/mol. The summed E-state index contributed by atoms with van der Waals surface area (Å²) in [6, 6.07) is 10.5. The molecule has 10 heteroatoms. The van der Waals surface area contributed by atoms with Gasteiger partial charge >= 0.3 is 0 Å². The second-order valence-corrected chi connectivity index (χ2v) is 7.72. The number of aromatic nitrogens is 5. The van der Waals surface area contributed by atoms with E-state index in [1.807, 2.05) is 21.6 Å². The van der Waals surface area contributed by atoms with Crippen LogP contribution in [0, 0.1) is 11.6 Å². The Balaban J connectivity index is 1.44. The summed E-state index contributed by atoms with van der Waals surface area (Å²) in [4.78, 5) is 6.46. The number of nitrogens with zero attached hydrogens (tertiary/aromatic N) is 6. The third-order valence-electron chi connectivity index (χ3n) is 5.07. The van der Waals surface area contributed by atoms with Crippen LogP contribution in [0.5, 0.6) is 0 Å². The topological polar surface area (TPSA) is 72.9 Å². The highest BCUT2D eigenvalue weighted by Gasteiger charge is 2.24. The van der Waals surface area contributed by atoms with Gasteiger partial charge in [-0.15, -0.1) is 10.2 Å². The molecule has 0 atom stereocenters. The fourth-order valence-electron chi connectivity index (χ4n) is 3.68. The molecule has 0 amide bonds. The molecule has 0 spiro atoms. The minimum atomic E-state index is -0.654. The molecular formula is C21H17ClF2N6O. The molecule has 1 aliphatic rings. The van der Waals surface area contributed by atoms with Crippen LogP contribution in [-0.2, 0) is 13.1 Å². The van der Waals surface area contributed by atoms with Gasteiger partial charge in [0.25, 0.3) is 5.89 Å². The van der Waals surface area contributed by atoms with Gasteiger partial charge in [-0.25, -0.2) is 8.78 Å². The number of halogens is 3. The van der Waals surface area contributed by atoms with Gasteiger partial charge in [0.05, 0.1) is 6.54 Å². The lowest BCUT2D eigenvalue weighted by Gasteiger charge is -2.19. The molecule has 7 nitrogen and oxygen atoms in total. The Bertz CT molecular complexity index is 1220. The highest BCUT2D eigenvalue weighted by atomic mass is 35.5. The standard InChI is InChI=1S/C21H17ClF2N6O/c22-15-5-3-4-13(8-15)20-25-18(28-31-20)12-29-6-1-2-7-30-19(26-27-21(29)30)14-9-16(23)11-17(24)10-14/h3-5,8-11H,1-2,6-7,12H2. The Morgan fingerprint density at radius 3 is 2.58 bits per heavy atom. The molecule has 0 saturated heterocycles. The van der Waals surface area contributed by atoms with Gasteiger partial charge in [0.2, 0.25) is 5.95 Å². The van der Waals surface area contributed by atoms with Crippen molar-refractivity contribution in [3.8, 4) is 22.8 Å². The first kappa shape index (κ1) is 19.6. The summed E-state index contributed by atoms with van der Waals surface area (Å²) in [5.41, 5.74) is 1.08. The number of fused-ring (bicyclic) bond motifs is 1. The van der Waals surface area contributed by atoms with Crippen LogP contribution in [0.25, 0.3) is 22.8 Å². The van der Waals surface area contributed by atoms with E-state index in [9.17, 15) is 8.78 Å². The van der Waals surface area contributed by atoms with Crippen LogP contribution in [0.1, 0.15) is 18.7 Å². The van der Waals surface area contributed by atoms with E-state index in [1.165, 1.54) is 12.1 Å². The van der Waals surface area contributed by atoms with Gasteiger partial charge in [0.1, 0.15) is 11.6 Å². The maximum absolute atomic E-state index is 13.7. The van der Waals surface area contributed by atoms with E-state index in [4.69, 9.17) is 16.1 Å². The van der Waals surface area contributed by atoms with Crippen molar-refractivity contribution in [2.75, 3.05) is 11.4 Å². The molecule has 0 aliphatic carbocycles. The third-order valence-corrected chi connectivity index (χ3v) is 5.30. The van der Waals surface area contributed by atoms with Crippen LogP contribution >= 0.6 is 11.6 Å². The minimum absolute atomic E-state index is 0.348. The highest BCUT2D eigenvalue weighted by Crippen LogP contribution is 2.28. The zero-order chi connectivity index (χ0) is 21.4. The molecule has 31 heavy (non-hydrogen) atoms. The molecule has 0 N–H and O–H groups in total. The van der Waals surface area contributed by atoms with Crippen molar-refractivity contribution in [3.63, 3.8) is 0 Å². The fraction of sp³-hybridized carbons (Fsp3) is 0.238. The quantitative estimate of drug-likeness (QED) is 0.455. The molecule has 0 fully saturated rings. The first-order valence-corrected chi connectivity index (χ1v) is 10.2. The van der Waals surface area contributed by atoms with Gasteiger partial charge in [-0.05, 0) is 43.2 Å². The monoisotopic (exact) mass is 442 g/mol. The average molecular weight is 443 g/mol. The van der Waals surface area contributed by atoms with Gasteiger partial charge in [-0.1, -0.05) is 22.8 Å². The summed E-state index contributed by atoms with van der Waals surface area (Å²) in [5.74, 6) is 0.588. The van der Waals surface area contributed by atoms with Crippen molar-refractivity contribution >= 4 is 17.5 Å². The third kappa shape index (κ3) is 4.00. The molecule has 0 bridgehead atoms. The lowest BCUT2D eigenvalue weighted by molar-refractivity contribution is 0.421. The van der Waals surface area contributed by atoms with Gasteiger partial charge < -0.3 is 9.42 Å². The SMILES string of the molecule is Fc1cc(F)cc(-c2nnc3n2CCCCN3Cc2noc(-c3cccc(Cl)c3)n2)c1. The fourth-order valence-corrected chi connectivity index (χ4v) is 3.87. The second-order valence-electron chi connectivity index (χ2n) is 7.29. The summed E-state index contributed by atoms with van der Waals surface area (Å²) >= 11 is 6.04. The number of anilines is 1. The molecule has 1 aliphatic heterocycles. The maximum atomic E-state index is 13.7. The van der Waals surface area contributed by atoms with Crippen LogP contribution < -0.4 is 4.90 Å². The van der Waals surface area contributed by atoms with Crippen LogP contribution in [0.15, 0.2) is 47.0 Å². The average Bonchev–Trinajstić information content (AvgIpc) is 3.32. The van der Waals surface area contributed by atoms with Crippen LogP contribution in [0.4, 0.5) is 14.7 Å². The van der Waals surface area contributed by atoms with Crippen LogP contribution in [0.3, 0.4) is 0 Å². The molecule has 4 aromatic rings. The van der Waals surface area contributed by atoms with Gasteiger partial charge in [-0.2, -0.15) is 4.98 Å². The summed E-state index contributed by atoms with van der Waals surface area (Å²) in [6.07, 6.45) is 1.80. The van der Waals surface area contributed by atoms with Crippen molar-refractivity contribution in [2.24, 2.45) is 0 Å². The van der Waals surface area contributed by atoms with E-state index in [2.05, 4.69) is 20.3 Å². The predicted octanol–water partition coefficient (Wildman–Crippen LogP) is 4.73. The molecule has 0 radical (unpaired) electrons. The zero-order valence-corrected chi connectivity index (χ0v) is 17.1. The normalized spacial score (nSPS) is 13.8. The Kier molecular flexibility index (Phi) is 5.11. The van der Waals surface area contributed by atoms with Crippen LogP contribution in [-0.4, -0.2) is 31.4 Å². The summed E-state index contributed by atoms with van der Waals surface area (Å²) in [6.45, 7) is 1.72. The number of benzene rings is 2. The molecule has 2 aromatic carbocycles. The first-order chi connectivity index (χ1) is 15.1. The Labute approximate surface area is 181 Å². The van der Waals surface area contributed by atoms with Crippen molar-refractivity contribution in [1.29, 1.82) is 0 Å². The zero-order valence-electron chi connectivity index (χ0n) is 16.3. The minimum Gasteiger partial charge on any atom is -0.334 e. The molecule has 0 unspecified atom stereocenters. The van der Waals surface area contributed by atoms with Crippen LogP contribution in [0.2, 0.25) is 5.02 Å². The lowest BCUT2D eigenvalue weighted by atomic mass is 10.2. The van der Waals surface area contributed by atoms with E-state index in [0.29, 0.717) is 47.2 Å². The largest absolute Gasteiger partial charge is 0.334 e. The molecule has 5 rings (SSSR count). The van der Waals surface area contributed by atoms with Crippen molar-refractivity contribution in [2.45, 2.75) is 25.9 Å².